The summed E-state index contributed by atoms with van der Waals surface area (Å²) in [5.74, 6) is 0. The van der Waals surface area contributed by atoms with Crippen LogP contribution in [0.15, 0.2) is 109 Å². The van der Waals surface area contributed by atoms with Gasteiger partial charge in [-0.2, -0.15) is 52.6 Å². The average molecular weight is 615 g/mol. The van der Waals surface area contributed by atoms with Crippen LogP contribution in [0.1, 0.15) is 40.3 Å². The molecule has 1 aliphatic rings. The first-order chi connectivity index (χ1) is 17.4. The summed E-state index contributed by atoms with van der Waals surface area (Å²) in [6.45, 7) is 8.58. The molecule has 0 amide bonds. The summed E-state index contributed by atoms with van der Waals surface area (Å²) in [5.41, 5.74) is 13.6. The second-order valence-electron chi connectivity index (χ2n) is 9.38. The number of hydrogen-bond acceptors (Lipinski definition) is 0. The Labute approximate surface area is 255 Å². The van der Waals surface area contributed by atoms with E-state index in [2.05, 4.69) is 137 Å². The molecule has 0 heterocycles. The molecule has 6 rings (SSSR count). The second kappa shape index (κ2) is 15.2. The average Bonchev–Trinajstić information content (AvgIpc) is 3.44. The zero-order chi connectivity index (χ0) is 25.5. The number of halogens is 2. The summed E-state index contributed by atoms with van der Waals surface area (Å²) >= 11 is 1.51. The van der Waals surface area contributed by atoms with Crippen molar-refractivity contribution in [3.8, 4) is 22.3 Å². The fourth-order valence-electron chi connectivity index (χ4n) is 4.53. The Morgan fingerprint density at radius 2 is 1.37 bits per heavy atom. The van der Waals surface area contributed by atoms with Crippen LogP contribution < -0.4 is 24.8 Å². The van der Waals surface area contributed by atoms with E-state index in [4.69, 9.17) is 0 Å². The van der Waals surface area contributed by atoms with Crippen molar-refractivity contribution in [2.75, 3.05) is 0 Å². The SMILES string of the molecule is C[C](=[Zr+2])c1ccc(C)cc1.Cc1cc(-c2ccccc2)c(C)[cH-]1.[Cl-].[Cl-].[c-]1cccc2c1Cc1ccccc1-2. The van der Waals surface area contributed by atoms with E-state index in [1.54, 1.807) is 0 Å². The molecule has 192 valence electrons. The molecule has 0 radical (unpaired) electrons. The van der Waals surface area contributed by atoms with Gasteiger partial charge in [-0.15, -0.1) is 5.56 Å². The molecule has 0 atom stereocenters. The third-order valence-corrected chi connectivity index (χ3v) is 7.14. The number of hydrogen-bond donors (Lipinski definition) is 0. The van der Waals surface area contributed by atoms with Crippen molar-refractivity contribution in [2.45, 2.75) is 34.1 Å². The molecule has 0 aliphatic heterocycles. The first-order valence-electron chi connectivity index (χ1n) is 12.4. The quantitative estimate of drug-likeness (QED) is 0.264. The minimum Gasteiger partial charge on any atom is -1.00 e. The molecular formula is C35H32Cl2Zr-2. The van der Waals surface area contributed by atoms with E-state index >= 15 is 0 Å². The molecule has 5 aromatic carbocycles. The topological polar surface area (TPSA) is 0 Å². The van der Waals surface area contributed by atoms with Gasteiger partial charge in [-0.3, -0.25) is 0 Å². The van der Waals surface area contributed by atoms with Gasteiger partial charge in [0.15, 0.2) is 0 Å². The van der Waals surface area contributed by atoms with Crippen molar-refractivity contribution >= 4 is 3.21 Å². The molecule has 0 unspecified atom stereocenters. The van der Waals surface area contributed by atoms with Crippen molar-refractivity contribution in [1.29, 1.82) is 0 Å². The van der Waals surface area contributed by atoms with Crippen LogP contribution >= 0.6 is 0 Å². The van der Waals surface area contributed by atoms with Crippen molar-refractivity contribution in [3.63, 3.8) is 0 Å². The van der Waals surface area contributed by atoms with Crippen LogP contribution in [-0.2, 0) is 30.7 Å². The third-order valence-electron chi connectivity index (χ3n) is 6.43. The molecule has 38 heavy (non-hydrogen) atoms. The fourth-order valence-corrected chi connectivity index (χ4v) is 4.94. The van der Waals surface area contributed by atoms with Crippen LogP contribution in [0.3, 0.4) is 0 Å². The van der Waals surface area contributed by atoms with Gasteiger partial charge in [0.25, 0.3) is 0 Å². The predicted molar refractivity (Wildman–Crippen MR) is 151 cm³/mol. The number of fused-ring (bicyclic) bond motifs is 3. The van der Waals surface area contributed by atoms with Gasteiger partial charge in [-0.05, 0) is 6.42 Å². The molecular weight excluding hydrogens is 583 g/mol. The van der Waals surface area contributed by atoms with Crippen LogP contribution in [0.25, 0.3) is 22.3 Å². The smallest absolute Gasteiger partial charge is 0.0253 e. The Bertz CT molecular complexity index is 1400. The van der Waals surface area contributed by atoms with E-state index in [0.29, 0.717) is 0 Å². The maximum Gasteiger partial charge on any atom is -0.0253 e. The standard InChI is InChI=1S/C13H9.C13H13.C9H10.2ClH.Zr/c1-3-7-12-10(5-1)9-11-6-2-4-8-13(11)12;1-10-8-11(2)13(9-10)12-6-4-3-5-7-12;1-3-9-6-4-8(2)5-7-9;;;/h1-5,7-8H,9H2;3-9H,1-2H3;4-7H,1-2H3;2*1H;/q2*-1;;;;+2/p-2. The predicted octanol–water partition coefficient (Wildman–Crippen LogP) is 2.84. The maximum absolute atomic E-state index is 3.30. The molecule has 0 spiro atoms. The summed E-state index contributed by atoms with van der Waals surface area (Å²) in [5, 5.41) is 0. The molecule has 3 heteroatoms. The summed E-state index contributed by atoms with van der Waals surface area (Å²) in [6.07, 6.45) is 1.05. The first-order valence-corrected chi connectivity index (χ1v) is 13.6. The van der Waals surface area contributed by atoms with Gasteiger partial charge in [0.05, 0.1) is 0 Å². The first kappa shape index (κ1) is 31.8. The largest absolute Gasteiger partial charge is 1.00 e. The zero-order valence-corrected chi connectivity index (χ0v) is 26.3. The van der Waals surface area contributed by atoms with E-state index < -0.39 is 0 Å². The Morgan fingerprint density at radius 3 is 2.00 bits per heavy atom. The molecule has 0 fully saturated rings. The van der Waals surface area contributed by atoms with Gasteiger partial charge in [-0.1, -0.05) is 85.1 Å². The summed E-state index contributed by atoms with van der Waals surface area (Å²) in [6, 6.07) is 41.8. The number of aryl methyl sites for hydroxylation is 3. The molecule has 1 aliphatic carbocycles. The molecule has 0 bridgehead atoms. The van der Waals surface area contributed by atoms with Crippen molar-refractivity contribution in [2.24, 2.45) is 0 Å². The number of rotatable bonds is 2. The van der Waals surface area contributed by atoms with Crippen LogP contribution in [0, 0.1) is 26.8 Å². The van der Waals surface area contributed by atoms with Crippen LogP contribution in [0.4, 0.5) is 0 Å². The molecule has 0 N–H and O–H groups in total. The summed E-state index contributed by atoms with van der Waals surface area (Å²) < 4.78 is 1.46. The maximum atomic E-state index is 3.30. The summed E-state index contributed by atoms with van der Waals surface area (Å²) in [7, 11) is 0. The van der Waals surface area contributed by atoms with Gasteiger partial charge in [-0.25, -0.2) is 6.07 Å². The minimum atomic E-state index is 0. The Balaban J connectivity index is 0.000000197. The Hall–Kier alpha value is -2.44. The van der Waals surface area contributed by atoms with E-state index in [0.717, 1.165) is 6.42 Å². The Kier molecular flexibility index (Phi) is 12.7. The van der Waals surface area contributed by atoms with Crippen LogP contribution in [0.2, 0.25) is 0 Å². The number of benzene rings is 4. The third kappa shape index (κ3) is 8.28. The zero-order valence-electron chi connectivity index (χ0n) is 22.4. The van der Waals surface area contributed by atoms with Crippen LogP contribution in [-0.4, -0.2) is 3.21 Å². The van der Waals surface area contributed by atoms with Crippen molar-refractivity contribution in [3.05, 3.63) is 149 Å². The van der Waals surface area contributed by atoms with Crippen molar-refractivity contribution < 1.29 is 49.0 Å². The van der Waals surface area contributed by atoms with Gasteiger partial charge in [0, 0.05) is 0 Å². The molecule has 0 saturated heterocycles. The van der Waals surface area contributed by atoms with Crippen LogP contribution in [0.5, 0.6) is 0 Å². The van der Waals surface area contributed by atoms with E-state index in [1.807, 2.05) is 6.07 Å². The van der Waals surface area contributed by atoms with Crippen molar-refractivity contribution in [1.82, 2.24) is 0 Å². The van der Waals surface area contributed by atoms with Gasteiger partial charge >= 0.3 is 76.7 Å². The van der Waals surface area contributed by atoms with Gasteiger partial charge in [0.1, 0.15) is 0 Å². The van der Waals surface area contributed by atoms with E-state index in [1.165, 1.54) is 83.1 Å². The minimum absolute atomic E-state index is 0. The summed E-state index contributed by atoms with van der Waals surface area (Å²) in [4.78, 5) is 0. The van der Waals surface area contributed by atoms with E-state index in [-0.39, 0.29) is 24.8 Å². The second-order valence-corrected chi connectivity index (χ2v) is 11.2. The molecule has 5 aromatic rings. The van der Waals surface area contributed by atoms with Gasteiger partial charge < -0.3 is 24.8 Å². The Morgan fingerprint density at radius 1 is 0.737 bits per heavy atom. The monoisotopic (exact) mass is 612 g/mol. The fraction of sp³-hybridized carbons (Fsp3) is 0.143. The molecule has 0 saturated carbocycles. The van der Waals surface area contributed by atoms with Gasteiger partial charge in [0.2, 0.25) is 0 Å². The van der Waals surface area contributed by atoms with E-state index in [9.17, 15) is 0 Å². The molecule has 0 nitrogen and oxygen atoms in total. The normalized spacial score (nSPS) is 10.3. The molecule has 0 aromatic heterocycles.